The van der Waals surface area contributed by atoms with Crippen molar-refractivity contribution in [3.8, 4) is 11.5 Å². The molecule has 0 radical (unpaired) electrons. The van der Waals surface area contributed by atoms with Crippen LogP contribution in [0.5, 0.6) is 11.5 Å². The van der Waals surface area contributed by atoms with Gasteiger partial charge in [0.15, 0.2) is 17.3 Å². The summed E-state index contributed by atoms with van der Waals surface area (Å²) in [4.78, 5) is 14.7. The number of ether oxygens (including phenoxy) is 3. The Labute approximate surface area is 138 Å². The molecule has 3 heterocycles. The summed E-state index contributed by atoms with van der Waals surface area (Å²) in [6.45, 7) is 4.34. The van der Waals surface area contributed by atoms with Gasteiger partial charge in [0.05, 0.1) is 18.7 Å². The fourth-order valence-corrected chi connectivity index (χ4v) is 3.02. The molecule has 0 spiro atoms. The predicted molar refractivity (Wildman–Crippen MR) is 82.9 cm³/mol. The van der Waals surface area contributed by atoms with Crippen LogP contribution >= 0.6 is 0 Å². The largest absolute Gasteiger partial charge is 0.454 e. The van der Waals surface area contributed by atoms with Crippen LogP contribution in [0.1, 0.15) is 29.2 Å². The lowest BCUT2D eigenvalue weighted by atomic mass is 10.1. The van der Waals surface area contributed by atoms with E-state index in [1.54, 1.807) is 29.4 Å². The molecule has 1 aromatic heterocycles. The highest BCUT2D eigenvalue weighted by molar-refractivity contribution is 5.98. The molecular formula is C16H18N4O4. The van der Waals surface area contributed by atoms with Gasteiger partial charge in [-0.15, -0.1) is 10.2 Å². The van der Waals surface area contributed by atoms with Crippen LogP contribution in [0, 0.1) is 0 Å². The molecule has 8 heteroatoms. The number of para-hydroxylation sites is 1. The Hall–Kier alpha value is -2.61. The first-order chi connectivity index (χ1) is 11.8. The quantitative estimate of drug-likeness (QED) is 0.842. The average Bonchev–Trinajstić information content (AvgIpc) is 3.29. The molecule has 0 unspecified atom stereocenters. The lowest BCUT2D eigenvalue weighted by Crippen LogP contribution is -2.43. The van der Waals surface area contributed by atoms with Crippen LogP contribution in [-0.4, -0.2) is 52.1 Å². The molecule has 2 aromatic rings. The first-order valence-electron chi connectivity index (χ1n) is 7.95. The smallest absolute Gasteiger partial charge is 0.257 e. The fourth-order valence-electron chi connectivity index (χ4n) is 3.02. The third kappa shape index (κ3) is 2.48. The first-order valence-corrected chi connectivity index (χ1v) is 7.95. The SMILES string of the molecule is CCn1cnnc1[C@@H]1CN(C(=O)c2cccc3c2OCO3)CCO1. The number of amides is 1. The van der Waals surface area contributed by atoms with E-state index in [2.05, 4.69) is 10.2 Å². The van der Waals surface area contributed by atoms with E-state index in [0.29, 0.717) is 36.8 Å². The van der Waals surface area contributed by atoms with Gasteiger partial charge in [-0.2, -0.15) is 0 Å². The van der Waals surface area contributed by atoms with Crippen molar-refractivity contribution >= 4 is 5.91 Å². The number of benzene rings is 1. The van der Waals surface area contributed by atoms with Gasteiger partial charge in [0, 0.05) is 13.1 Å². The van der Waals surface area contributed by atoms with Crippen LogP contribution in [0.3, 0.4) is 0 Å². The van der Waals surface area contributed by atoms with Gasteiger partial charge in [-0.3, -0.25) is 4.79 Å². The van der Waals surface area contributed by atoms with Crippen molar-refractivity contribution in [2.24, 2.45) is 0 Å². The number of morpholine rings is 1. The molecule has 1 aromatic carbocycles. The standard InChI is InChI=1S/C16H18N4O4/c1-2-19-9-17-18-15(19)13-8-20(6-7-22-13)16(21)11-4-3-5-12-14(11)24-10-23-12/h3-5,9,13H,2,6-8,10H2,1H3/t13-/m0/s1. The summed E-state index contributed by atoms with van der Waals surface area (Å²) in [6, 6.07) is 5.35. The van der Waals surface area contributed by atoms with Crippen LogP contribution in [0.4, 0.5) is 0 Å². The lowest BCUT2D eigenvalue weighted by molar-refractivity contribution is -0.0284. The number of nitrogens with zero attached hydrogens (tertiary/aromatic N) is 4. The predicted octanol–water partition coefficient (Wildman–Crippen LogP) is 1.24. The van der Waals surface area contributed by atoms with Crippen LogP contribution in [-0.2, 0) is 11.3 Å². The minimum Gasteiger partial charge on any atom is -0.454 e. The second kappa shape index (κ2) is 6.12. The molecule has 2 aliphatic heterocycles. The van der Waals surface area contributed by atoms with E-state index in [0.717, 1.165) is 12.4 Å². The highest BCUT2D eigenvalue weighted by atomic mass is 16.7. The molecule has 0 bridgehead atoms. The topological polar surface area (TPSA) is 78.7 Å². The zero-order valence-corrected chi connectivity index (χ0v) is 13.3. The molecule has 126 valence electrons. The second-order valence-electron chi connectivity index (χ2n) is 5.63. The summed E-state index contributed by atoms with van der Waals surface area (Å²) in [5, 5.41) is 8.08. The Balaban J connectivity index is 1.56. The van der Waals surface area contributed by atoms with Gasteiger partial charge >= 0.3 is 0 Å². The van der Waals surface area contributed by atoms with Crippen molar-refractivity contribution in [2.75, 3.05) is 26.5 Å². The van der Waals surface area contributed by atoms with Crippen molar-refractivity contribution in [2.45, 2.75) is 19.6 Å². The van der Waals surface area contributed by atoms with Gasteiger partial charge in [0.2, 0.25) is 6.79 Å². The molecular weight excluding hydrogens is 312 g/mol. The van der Waals surface area contributed by atoms with Crippen LogP contribution in [0.2, 0.25) is 0 Å². The third-order valence-corrected chi connectivity index (χ3v) is 4.25. The Kier molecular flexibility index (Phi) is 3.81. The number of fused-ring (bicyclic) bond motifs is 1. The van der Waals surface area contributed by atoms with Crippen molar-refractivity contribution in [1.29, 1.82) is 0 Å². The van der Waals surface area contributed by atoms with Gasteiger partial charge in [-0.05, 0) is 19.1 Å². The summed E-state index contributed by atoms with van der Waals surface area (Å²) < 4.78 is 18.5. The highest BCUT2D eigenvalue weighted by Gasteiger charge is 2.31. The molecule has 0 N–H and O–H groups in total. The van der Waals surface area contributed by atoms with Crippen molar-refractivity contribution in [3.63, 3.8) is 0 Å². The molecule has 1 atom stereocenters. The van der Waals surface area contributed by atoms with Gasteiger partial charge in [-0.1, -0.05) is 6.07 Å². The van der Waals surface area contributed by atoms with Crippen molar-refractivity contribution < 1.29 is 19.0 Å². The third-order valence-electron chi connectivity index (χ3n) is 4.25. The minimum atomic E-state index is -0.279. The zero-order valence-electron chi connectivity index (χ0n) is 13.3. The lowest BCUT2D eigenvalue weighted by Gasteiger charge is -2.32. The number of hydrogen-bond donors (Lipinski definition) is 0. The number of rotatable bonds is 3. The monoisotopic (exact) mass is 330 g/mol. The average molecular weight is 330 g/mol. The number of aromatic nitrogens is 3. The van der Waals surface area contributed by atoms with E-state index in [1.807, 2.05) is 11.5 Å². The molecule has 0 aliphatic carbocycles. The van der Waals surface area contributed by atoms with Gasteiger partial charge in [-0.25, -0.2) is 0 Å². The maximum Gasteiger partial charge on any atom is 0.257 e. The summed E-state index contributed by atoms with van der Waals surface area (Å²) in [5.74, 6) is 1.78. The van der Waals surface area contributed by atoms with E-state index < -0.39 is 0 Å². The molecule has 8 nitrogen and oxygen atoms in total. The van der Waals surface area contributed by atoms with E-state index in [4.69, 9.17) is 14.2 Å². The molecule has 2 aliphatic rings. The molecule has 0 saturated carbocycles. The molecule has 1 saturated heterocycles. The van der Waals surface area contributed by atoms with Crippen LogP contribution < -0.4 is 9.47 Å². The van der Waals surface area contributed by atoms with E-state index in [1.165, 1.54) is 0 Å². The number of hydrogen-bond acceptors (Lipinski definition) is 6. The first kappa shape index (κ1) is 14.9. The summed E-state index contributed by atoms with van der Waals surface area (Å²) in [6.07, 6.45) is 1.40. The normalized spacial score (nSPS) is 19.5. The zero-order chi connectivity index (χ0) is 16.5. The summed E-state index contributed by atoms with van der Waals surface area (Å²) >= 11 is 0. The molecule has 4 rings (SSSR count). The molecule has 24 heavy (non-hydrogen) atoms. The van der Waals surface area contributed by atoms with Crippen molar-refractivity contribution in [1.82, 2.24) is 19.7 Å². The van der Waals surface area contributed by atoms with Crippen LogP contribution in [0.15, 0.2) is 24.5 Å². The van der Waals surface area contributed by atoms with Crippen LogP contribution in [0.25, 0.3) is 0 Å². The maximum absolute atomic E-state index is 12.9. The summed E-state index contributed by atoms with van der Waals surface area (Å²) in [7, 11) is 0. The number of aryl methyl sites for hydroxylation is 1. The van der Waals surface area contributed by atoms with E-state index in [-0.39, 0.29) is 18.8 Å². The number of carbonyl (C=O) groups is 1. The Morgan fingerprint density at radius 2 is 2.29 bits per heavy atom. The minimum absolute atomic E-state index is 0.0896. The Bertz CT molecular complexity index is 760. The molecule has 1 amide bonds. The fraction of sp³-hybridized carbons (Fsp3) is 0.438. The highest BCUT2D eigenvalue weighted by Crippen LogP contribution is 2.36. The van der Waals surface area contributed by atoms with Gasteiger partial charge < -0.3 is 23.7 Å². The van der Waals surface area contributed by atoms with Crippen molar-refractivity contribution in [3.05, 3.63) is 35.9 Å². The second-order valence-corrected chi connectivity index (χ2v) is 5.63. The Morgan fingerprint density at radius 1 is 1.38 bits per heavy atom. The number of carbonyl (C=O) groups excluding carboxylic acids is 1. The van der Waals surface area contributed by atoms with Gasteiger partial charge in [0.25, 0.3) is 5.91 Å². The van der Waals surface area contributed by atoms with E-state index >= 15 is 0 Å². The Morgan fingerprint density at radius 3 is 3.17 bits per heavy atom. The van der Waals surface area contributed by atoms with Gasteiger partial charge in [0.1, 0.15) is 12.4 Å². The summed E-state index contributed by atoms with van der Waals surface area (Å²) in [5.41, 5.74) is 0.516. The molecule has 1 fully saturated rings. The van der Waals surface area contributed by atoms with E-state index in [9.17, 15) is 4.79 Å². The maximum atomic E-state index is 12.9.